The summed E-state index contributed by atoms with van der Waals surface area (Å²) in [4.78, 5) is 29.1. The number of rotatable bonds is 9. The highest BCUT2D eigenvalue weighted by molar-refractivity contribution is 5.85. The van der Waals surface area contributed by atoms with E-state index in [9.17, 15) is 9.59 Å². The molecule has 2 amide bonds. The third kappa shape index (κ3) is 5.34. The van der Waals surface area contributed by atoms with Gasteiger partial charge in [-0.25, -0.2) is 0 Å². The highest BCUT2D eigenvalue weighted by Crippen LogP contribution is 2.33. The number of furan rings is 1. The first kappa shape index (κ1) is 21.7. The summed E-state index contributed by atoms with van der Waals surface area (Å²) in [6, 6.07) is 9.41. The van der Waals surface area contributed by atoms with Gasteiger partial charge in [-0.15, -0.1) is 0 Å². The maximum Gasteiger partial charge on any atom is 0.242 e. The van der Waals surface area contributed by atoms with E-state index >= 15 is 0 Å². The molecule has 7 heteroatoms. The zero-order chi connectivity index (χ0) is 21.7. The Morgan fingerprint density at radius 3 is 2.47 bits per heavy atom. The quantitative estimate of drug-likeness (QED) is 0.625. The number of ether oxygens (including phenoxy) is 2. The minimum Gasteiger partial charge on any atom is -0.464 e. The van der Waals surface area contributed by atoms with Gasteiger partial charge in [-0.2, -0.15) is 0 Å². The van der Waals surface area contributed by atoms with Crippen LogP contribution in [-0.2, 0) is 22.7 Å². The van der Waals surface area contributed by atoms with Gasteiger partial charge in [0.25, 0.3) is 0 Å². The average Bonchev–Trinajstić information content (AvgIpc) is 3.34. The maximum absolute atomic E-state index is 13.2. The van der Waals surface area contributed by atoms with Gasteiger partial charge >= 0.3 is 0 Å². The van der Waals surface area contributed by atoms with Crippen LogP contribution in [0.1, 0.15) is 44.3 Å². The van der Waals surface area contributed by atoms with Crippen molar-refractivity contribution in [3.63, 3.8) is 0 Å². The molecule has 1 aromatic carbocycles. The summed E-state index contributed by atoms with van der Waals surface area (Å²) in [6.07, 6.45) is 0.797. The fourth-order valence-corrected chi connectivity index (χ4v) is 3.42. The molecule has 0 bridgehead atoms. The third-order valence-electron chi connectivity index (χ3n) is 4.93. The molecule has 3 rings (SSSR count). The first-order valence-corrected chi connectivity index (χ1v) is 10.4. The van der Waals surface area contributed by atoms with Crippen molar-refractivity contribution in [3.8, 4) is 11.5 Å². The lowest BCUT2D eigenvalue weighted by Crippen LogP contribution is -2.44. The molecule has 2 heterocycles. The summed E-state index contributed by atoms with van der Waals surface area (Å²) in [7, 11) is 0. The zero-order valence-corrected chi connectivity index (χ0v) is 18.1. The number of carbonyl (C=O) groups excluding carboxylic acids is 2. The van der Waals surface area contributed by atoms with Crippen molar-refractivity contribution >= 4 is 11.8 Å². The van der Waals surface area contributed by atoms with Crippen molar-refractivity contribution in [2.75, 3.05) is 19.9 Å². The molecule has 0 atom stereocenters. The summed E-state index contributed by atoms with van der Waals surface area (Å²) in [5, 5.41) is 0. The molecule has 0 aliphatic carbocycles. The van der Waals surface area contributed by atoms with Gasteiger partial charge in [0.1, 0.15) is 11.5 Å². The molecule has 0 unspecified atom stereocenters. The molecule has 30 heavy (non-hydrogen) atoms. The monoisotopic (exact) mass is 414 g/mol. The molecule has 162 valence electrons. The van der Waals surface area contributed by atoms with Crippen LogP contribution in [0.15, 0.2) is 34.7 Å². The van der Waals surface area contributed by atoms with Crippen LogP contribution >= 0.6 is 0 Å². The normalized spacial score (nSPS) is 12.3. The summed E-state index contributed by atoms with van der Waals surface area (Å²) in [5.74, 6) is 2.60. The van der Waals surface area contributed by atoms with Crippen molar-refractivity contribution < 1.29 is 23.5 Å². The fourth-order valence-electron chi connectivity index (χ4n) is 3.42. The summed E-state index contributed by atoms with van der Waals surface area (Å²) >= 11 is 0. The smallest absolute Gasteiger partial charge is 0.242 e. The largest absolute Gasteiger partial charge is 0.464 e. The van der Waals surface area contributed by atoms with E-state index in [4.69, 9.17) is 13.9 Å². The molecular weight excluding hydrogens is 384 g/mol. The molecule has 0 saturated carbocycles. The number of nitrogens with zero attached hydrogens (tertiary/aromatic N) is 2. The Hall–Kier alpha value is -2.96. The van der Waals surface area contributed by atoms with Crippen LogP contribution in [0, 0.1) is 12.8 Å². The van der Waals surface area contributed by atoms with Crippen LogP contribution in [-0.4, -0.2) is 41.5 Å². The van der Waals surface area contributed by atoms with Gasteiger partial charge in [-0.3, -0.25) is 9.59 Å². The second kappa shape index (κ2) is 9.69. The van der Waals surface area contributed by atoms with Gasteiger partial charge in [0.2, 0.25) is 18.6 Å². The Kier molecular flexibility index (Phi) is 7.03. The molecular formula is C23H30N2O5. The maximum atomic E-state index is 13.2. The van der Waals surface area contributed by atoms with Crippen molar-refractivity contribution in [3.05, 3.63) is 47.4 Å². The number of fused-ring (bicyclic) bond motifs is 1. The Balaban J connectivity index is 1.78. The van der Waals surface area contributed by atoms with E-state index in [1.807, 2.05) is 58.0 Å². The number of aryl methyl sites for hydroxylation is 1. The van der Waals surface area contributed by atoms with Crippen molar-refractivity contribution in [2.24, 2.45) is 5.92 Å². The average molecular weight is 415 g/mol. The molecule has 7 nitrogen and oxygen atoms in total. The number of hydrogen-bond acceptors (Lipinski definition) is 5. The molecule has 0 spiro atoms. The van der Waals surface area contributed by atoms with Crippen molar-refractivity contribution in [1.29, 1.82) is 0 Å². The van der Waals surface area contributed by atoms with Crippen molar-refractivity contribution in [1.82, 2.24) is 9.80 Å². The summed E-state index contributed by atoms with van der Waals surface area (Å²) < 4.78 is 16.5. The van der Waals surface area contributed by atoms with Gasteiger partial charge in [0.05, 0.1) is 13.1 Å². The molecule has 0 saturated heterocycles. The first-order valence-electron chi connectivity index (χ1n) is 10.4. The number of benzene rings is 1. The minimum absolute atomic E-state index is 0.0120. The van der Waals surface area contributed by atoms with Crippen LogP contribution in [0.3, 0.4) is 0 Å². The van der Waals surface area contributed by atoms with E-state index in [1.165, 1.54) is 0 Å². The van der Waals surface area contributed by atoms with Crippen LogP contribution in [0.4, 0.5) is 0 Å². The van der Waals surface area contributed by atoms with Crippen LogP contribution in [0.25, 0.3) is 0 Å². The second-order valence-corrected chi connectivity index (χ2v) is 7.86. The lowest BCUT2D eigenvalue weighted by Gasteiger charge is -2.28. The van der Waals surface area contributed by atoms with Gasteiger partial charge in [0.15, 0.2) is 11.5 Å². The van der Waals surface area contributed by atoms with E-state index < -0.39 is 0 Å². The second-order valence-electron chi connectivity index (χ2n) is 7.86. The lowest BCUT2D eigenvalue weighted by molar-refractivity contribution is -0.143. The molecule has 1 aliphatic rings. The Labute approximate surface area is 177 Å². The van der Waals surface area contributed by atoms with Gasteiger partial charge in [-0.05, 0) is 43.2 Å². The van der Waals surface area contributed by atoms with Gasteiger partial charge in [-0.1, -0.05) is 26.8 Å². The molecule has 1 aliphatic heterocycles. The highest BCUT2D eigenvalue weighted by Gasteiger charge is 2.24. The SMILES string of the molecule is CCCN(CC(=O)N(Cc1ccc2c(c1)OCO2)Cc1ccc(C)o1)C(=O)C(C)C. The number of amides is 2. The molecule has 0 radical (unpaired) electrons. The Morgan fingerprint density at radius 1 is 1.03 bits per heavy atom. The minimum atomic E-state index is -0.153. The number of carbonyl (C=O) groups is 2. The molecule has 0 N–H and O–H groups in total. The van der Waals surface area contributed by atoms with E-state index in [-0.39, 0.29) is 31.1 Å². The highest BCUT2D eigenvalue weighted by atomic mass is 16.7. The molecule has 1 aromatic heterocycles. The van der Waals surface area contributed by atoms with Crippen LogP contribution in [0.2, 0.25) is 0 Å². The van der Waals surface area contributed by atoms with Crippen LogP contribution < -0.4 is 9.47 Å². The number of hydrogen-bond donors (Lipinski definition) is 0. The lowest BCUT2D eigenvalue weighted by atomic mass is 10.1. The summed E-state index contributed by atoms with van der Waals surface area (Å²) in [5.41, 5.74) is 0.924. The predicted molar refractivity (Wildman–Crippen MR) is 112 cm³/mol. The molecule has 0 fully saturated rings. The van der Waals surface area contributed by atoms with Crippen LogP contribution in [0.5, 0.6) is 11.5 Å². The van der Waals surface area contributed by atoms with Gasteiger partial charge in [0, 0.05) is 19.0 Å². The topological polar surface area (TPSA) is 72.2 Å². The van der Waals surface area contributed by atoms with E-state index in [1.54, 1.807) is 9.80 Å². The fraction of sp³-hybridized carbons (Fsp3) is 0.478. The predicted octanol–water partition coefficient (Wildman–Crippen LogP) is 3.74. The Bertz CT molecular complexity index is 889. The van der Waals surface area contributed by atoms with Gasteiger partial charge < -0.3 is 23.7 Å². The van der Waals surface area contributed by atoms with E-state index in [0.29, 0.717) is 36.9 Å². The Morgan fingerprint density at radius 2 is 1.80 bits per heavy atom. The standard InChI is InChI=1S/C23H30N2O5/c1-5-10-24(23(27)16(2)3)14-22(26)25(13-19-8-6-17(4)30-19)12-18-7-9-20-21(11-18)29-15-28-20/h6-9,11,16H,5,10,12-15H2,1-4H3. The van der Waals surface area contributed by atoms with E-state index in [2.05, 4.69) is 0 Å². The van der Waals surface area contributed by atoms with E-state index in [0.717, 1.165) is 17.7 Å². The molecule has 2 aromatic rings. The first-order chi connectivity index (χ1) is 14.4. The van der Waals surface area contributed by atoms with Crippen molar-refractivity contribution in [2.45, 2.75) is 47.2 Å². The third-order valence-corrected chi connectivity index (χ3v) is 4.93. The zero-order valence-electron chi connectivity index (χ0n) is 18.1. The summed E-state index contributed by atoms with van der Waals surface area (Å²) in [6.45, 7) is 9.10.